The van der Waals surface area contributed by atoms with Crippen LogP contribution in [0.15, 0.2) is 59.0 Å². The summed E-state index contributed by atoms with van der Waals surface area (Å²) in [5.41, 5.74) is 0.802. The summed E-state index contributed by atoms with van der Waals surface area (Å²) in [6.07, 6.45) is 2.92. The Balaban J connectivity index is 1.70. The van der Waals surface area contributed by atoms with Crippen molar-refractivity contribution in [1.82, 2.24) is 10.2 Å². The van der Waals surface area contributed by atoms with Crippen molar-refractivity contribution in [2.24, 2.45) is 0 Å². The SMILES string of the molecule is O=C(/C=C/c1ccccc1)Nc1nnc(-c2ccc(F)cc2F)o1. The molecule has 0 atom stereocenters. The van der Waals surface area contributed by atoms with E-state index in [4.69, 9.17) is 4.42 Å². The van der Waals surface area contributed by atoms with E-state index in [0.717, 1.165) is 11.6 Å². The van der Waals surface area contributed by atoms with Gasteiger partial charge in [0.05, 0.1) is 5.56 Å². The standard InChI is InChI=1S/C17H11F2N3O2/c18-12-7-8-13(14(19)10-12)16-21-22-17(24-16)20-15(23)9-6-11-4-2-1-3-5-11/h1-10H,(H,20,22,23)/b9-6+. The zero-order valence-corrected chi connectivity index (χ0v) is 12.2. The number of aromatic nitrogens is 2. The monoisotopic (exact) mass is 327 g/mol. The number of benzene rings is 2. The van der Waals surface area contributed by atoms with Crippen LogP contribution in [0.3, 0.4) is 0 Å². The maximum Gasteiger partial charge on any atom is 0.322 e. The summed E-state index contributed by atoms with van der Waals surface area (Å²) in [6.45, 7) is 0. The highest BCUT2D eigenvalue weighted by molar-refractivity contribution is 6.00. The first-order chi connectivity index (χ1) is 11.6. The topological polar surface area (TPSA) is 68.0 Å². The predicted molar refractivity (Wildman–Crippen MR) is 83.8 cm³/mol. The quantitative estimate of drug-likeness (QED) is 0.743. The maximum absolute atomic E-state index is 13.7. The molecule has 3 rings (SSSR count). The van der Waals surface area contributed by atoms with Gasteiger partial charge in [-0.1, -0.05) is 35.4 Å². The van der Waals surface area contributed by atoms with Gasteiger partial charge in [0.2, 0.25) is 0 Å². The van der Waals surface area contributed by atoms with Gasteiger partial charge in [-0.2, -0.15) is 0 Å². The first kappa shape index (κ1) is 15.5. The number of amides is 1. The van der Waals surface area contributed by atoms with Crippen molar-refractivity contribution >= 4 is 18.0 Å². The summed E-state index contributed by atoms with van der Waals surface area (Å²) in [7, 11) is 0. The number of hydrogen-bond acceptors (Lipinski definition) is 4. The lowest BCUT2D eigenvalue weighted by Crippen LogP contribution is -2.07. The summed E-state index contributed by atoms with van der Waals surface area (Å²) in [6, 6.07) is 12.0. The van der Waals surface area contributed by atoms with Crippen LogP contribution in [0.1, 0.15) is 5.56 Å². The molecule has 0 unspecified atom stereocenters. The summed E-state index contributed by atoms with van der Waals surface area (Å²) in [5.74, 6) is -2.18. The molecule has 7 heteroatoms. The van der Waals surface area contributed by atoms with Gasteiger partial charge in [-0.15, -0.1) is 5.10 Å². The molecule has 1 amide bonds. The number of nitrogens with one attached hydrogen (secondary N) is 1. The number of rotatable bonds is 4. The van der Waals surface area contributed by atoms with Crippen LogP contribution in [-0.2, 0) is 4.79 Å². The molecule has 1 heterocycles. The van der Waals surface area contributed by atoms with E-state index >= 15 is 0 Å². The van der Waals surface area contributed by atoms with Crippen molar-refractivity contribution < 1.29 is 18.0 Å². The van der Waals surface area contributed by atoms with Gasteiger partial charge in [-0.25, -0.2) is 8.78 Å². The molecule has 24 heavy (non-hydrogen) atoms. The molecule has 0 spiro atoms. The van der Waals surface area contributed by atoms with Gasteiger partial charge in [-0.3, -0.25) is 10.1 Å². The van der Waals surface area contributed by atoms with Crippen LogP contribution in [0, 0.1) is 11.6 Å². The van der Waals surface area contributed by atoms with E-state index in [2.05, 4.69) is 15.5 Å². The molecule has 0 aliphatic heterocycles. The fraction of sp³-hybridized carbons (Fsp3) is 0. The van der Waals surface area contributed by atoms with E-state index < -0.39 is 17.5 Å². The smallest absolute Gasteiger partial charge is 0.322 e. The van der Waals surface area contributed by atoms with Crippen LogP contribution in [0.5, 0.6) is 0 Å². The Hall–Kier alpha value is -3.35. The van der Waals surface area contributed by atoms with E-state index in [1.165, 1.54) is 12.1 Å². The summed E-state index contributed by atoms with van der Waals surface area (Å²) in [5, 5.41) is 9.61. The lowest BCUT2D eigenvalue weighted by Gasteiger charge is -1.97. The van der Waals surface area contributed by atoms with Crippen LogP contribution in [0.25, 0.3) is 17.5 Å². The molecule has 0 aliphatic carbocycles. The van der Waals surface area contributed by atoms with E-state index in [0.29, 0.717) is 6.07 Å². The molecule has 1 N–H and O–H groups in total. The second-order valence-corrected chi connectivity index (χ2v) is 4.77. The van der Waals surface area contributed by atoms with E-state index in [-0.39, 0.29) is 17.5 Å². The number of anilines is 1. The minimum Gasteiger partial charge on any atom is -0.403 e. The summed E-state index contributed by atoms with van der Waals surface area (Å²) < 4.78 is 31.7. The Kier molecular flexibility index (Phi) is 4.42. The number of carbonyl (C=O) groups excluding carboxylic acids is 1. The second kappa shape index (κ2) is 6.82. The molecule has 0 bridgehead atoms. The second-order valence-electron chi connectivity index (χ2n) is 4.77. The van der Waals surface area contributed by atoms with Crippen LogP contribution < -0.4 is 5.32 Å². The molecular formula is C17H11F2N3O2. The Morgan fingerprint density at radius 1 is 1.08 bits per heavy atom. The molecular weight excluding hydrogens is 316 g/mol. The number of carbonyl (C=O) groups is 1. The third kappa shape index (κ3) is 3.70. The van der Waals surface area contributed by atoms with Gasteiger partial charge in [0.1, 0.15) is 11.6 Å². The molecule has 3 aromatic rings. The Bertz CT molecular complexity index is 892. The fourth-order valence-corrected chi connectivity index (χ4v) is 1.93. The van der Waals surface area contributed by atoms with Crippen LogP contribution in [0.4, 0.5) is 14.8 Å². The third-order valence-corrected chi connectivity index (χ3v) is 3.04. The fourth-order valence-electron chi connectivity index (χ4n) is 1.93. The zero-order valence-electron chi connectivity index (χ0n) is 12.2. The van der Waals surface area contributed by atoms with Crippen molar-refractivity contribution in [1.29, 1.82) is 0 Å². The largest absolute Gasteiger partial charge is 0.403 e. The average molecular weight is 327 g/mol. The zero-order chi connectivity index (χ0) is 16.9. The molecule has 120 valence electrons. The first-order valence-electron chi connectivity index (χ1n) is 6.95. The third-order valence-electron chi connectivity index (χ3n) is 3.04. The molecule has 0 fully saturated rings. The van der Waals surface area contributed by atoms with E-state index in [1.54, 1.807) is 6.08 Å². The molecule has 0 aliphatic rings. The van der Waals surface area contributed by atoms with Crippen molar-refractivity contribution in [2.45, 2.75) is 0 Å². The minimum absolute atomic E-state index is 0.0516. The highest BCUT2D eigenvalue weighted by Gasteiger charge is 2.14. The first-order valence-corrected chi connectivity index (χ1v) is 6.95. The van der Waals surface area contributed by atoms with Gasteiger partial charge in [-0.05, 0) is 23.8 Å². The maximum atomic E-state index is 13.7. The van der Waals surface area contributed by atoms with Crippen molar-refractivity contribution in [3.05, 3.63) is 71.8 Å². The minimum atomic E-state index is -0.833. The highest BCUT2D eigenvalue weighted by atomic mass is 19.1. The highest BCUT2D eigenvalue weighted by Crippen LogP contribution is 2.23. The molecule has 0 saturated heterocycles. The van der Waals surface area contributed by atoms with Crippen LogP contribution in [-0.4, -0.2) is 16.1 Å². The van der Waals surface area contributed by atoms with E-state index in [1.807, 2.05) is 30.3 Å². The molecule has 0 radical (unpaired) electrons. The van der Waals surface area contributed by atoms with Gasteiger partial charge in [0, 0.05) is 12.1 Å². The van der Waals surface area contributed by atoms with Crippen molar-refractivity contribution in [3.8, 4) is 11.5 Å². The summed E-state index contributed by atoms with van der Waals surface area (Å²) in [4.78, 5) is 11.8. The number of hydrogen-bond donors (Lipinski definition) is 1. The van der Waals surface area contributed by atoms with Gasteiger partial charge >= 0.3 is 6.01 Å². The van der Waals surface area contributed by atoms with Crippen LogP contribution >= 0.6 is 0 Å². The Morgan fingerprint density at radius 2 is 1.88 bits per heavy atom. The number of nitrogens with zero attached hydrogens (tertiary/aromatic N) is 2. The lowest BCUT2D eigenvalue weighted by atomic mass is 10.2. The van der Waals surface area contributed by atoms with Gasteiger partial charge in [0.25, 0.3) is 11.8 Å². The Morgan fingerprint density at radius 3 is 2.62 bits per heavy atom. The predicted octanol–water partition coefficient (Wildman–Crippen LogP) is 3.67. The Labute approximate surface area is 135 Å². The molecule has 0 saturated carbocycles. The van der Waals surface area contributed by atoms with Crippen LogP contribution in [0.2, 0.25) is 0 Å². The lowest BCUT2D eigenvalue weighted by molar-refractivity contribution is -0.112. The average Bonchev–Trinajstić information content (AvgIpc) is 3.02. The number of halogens is 2. The molecule has 2 aromatic carbocycles. The van der Waals surface area contributed by atoms with Gasteiger partial charge < -0.3 is 4.42 Å². The van der Waals surface area contributed by atoms with Crippen molar-refractivity contribution in [2.75, 3.05) is 5.32 Å². The molecule has 5 nitrogen and oxygen atoms in total. The molecule has 1 aromatic heterocycles. The normalized spacial score (nSPS) is 10.9. The van der Waals surface area contributed by atoms with Crippen molar-refractivity contribution in [3.63, 3.8) is 0 Å². The van der Waals surface area contributed by atoms with Gasteiger partial charge in [0.15, 0.2) is 0 Å². The summed E-state index contributed by atoms with van der Waals surface area (Å²) >= 11 is 0. The van der Waals surface area contributed by atoms with E-state index in [9.17, 15) is 13.6 Å².